The molecular formula is C2H9N7. The van der Waals surface area contributed by atoms with Gasteiger partial charge in [0, 0.05) is 6.20 Å². The summed E-state index contributed by atoms with van der Waals surface area (Å²) in [6.45, 7) is 0. The predicted octanol–water partition coefficient (Wildman–Crippen LogP) is -2.32. The SMILES string of the molecule is Nn1cc[nH]n(N)n1N. The molecule has 0 bridgehead atoms. The third kappa shape index (κ3) is 0.784. The zero-order chi connectivity index (χ0) is 6.85. The number of hydrogen-bond donors (Lipinski definition) is 4. The Morgan fingerprint density at radius 1 is 1.22 bits per heavy atom. The van der Waals surface area contributed by atoms with E-state index in [0.29, 0.717) is 0 Å². The van der Waals surface area contributed by atoms with Crippen molar-refractivity contribution in [2.75, 3.05) is 17.5 Å². The summed E-state index contributed by atoms with van der Waals surface area (Å²) in [5.41, 5.74) is 0. The van der Waals surface area contributed by atoms with E-state index in [4.69, 9.17) is 17.5 Å². The van der Waals surface area contributed by atoms with Crippen molar-refractivity contribution < 1.29 is 0 Å². The molecule has 0 radical (unpaired) electrons. The average molecular weight is 131 g/mol. The second-order valence-electron chi connectivity index (χ2n) is 1.49. The normalized spacial score (nSPS) is 9.33. The number of nitrogens with one attached hydrogen (secondary N) is 1. The van der Waals surface area contributed by atoms with Crippen LogP contribution in [-0.4, -0.2) is 19.7 Å². The molecule has 0 spiro atoms. The number of nitrogen functional groups attached to an aromatic ring is 3. The Kier molecular flexibility index (Phi) is 1.03. The van der Waals surface area contributed by atoms with Crippen LogP contribution in [0.3, 0.4) is 0 Å². The highest BCUT2D eigenvalue weighted by molar-refractivity contribution is 4.63. The summed E-state index contributed by atoms with van der Waals surface area (Å²) in [5, 5.41) is 2.57. The molecule has 7 heteroatoms. The minimum Gasteiger partial charge on any atom is -0.322 e. The largest absolute Gasteiger partial charge is 0.322 e. The van der Waals surface area contributed by atoms with Crippen molar-refractivity contribution in [3.63, 3.8) is 0 Å². The maximum Gasteiger partial charge on any atom is 0.0660 e. The number of nitrogens with two attached hydrogens (primary N) is 3. The second-order valence-corrected chi connectivity index (χ2v) is 1.49. The van der Waals surface area contributed by atoms with Crippen molar-refractivity contribution in [1.29, 1.82) is 0 Å². The average Bonchev–Trinajstić information content (AvgIpc) is 1.83. The zero-order valence-corrected chi connectivity index (χ0v) is 4.73. The van der Waals surface area contributed by atoms with Gasteiger partial charge in [-0.2, -0.15) is 4.79 Å². The van der Waals surface area contributed by atoms with Gasteiger partial charge in [0.05, 0.1) is 6.20 Å². The highest BCUT2D eigenvalue weighted by atomic mass is 15.9. The number of nitrogens with zero attached hydrogens (tertiary/aromatic N) is 3. The van der Waals surface area contributed by atoms with Gasteiger partial charge < -0.3 is 17.5 Å². The Hall–Kier alpha value is -1.66. The van der Waals surface area contributed by atoms with Crippen LogP contribution in [0.5, 0.6) is 0 Å². The molecule has 0 aromatic carbocycles. The van der Waals surface area contributed by atoms with Crippen LogP contribution in [0, 0.1) is 0 Å². The van der Waals surface area contributed by atoms with Crippen molar-refractivity contribution in [3.05, 3.63) is 12.4 Å². The second kappa shape index (κ2) is 1.69. The van der Waals surface area contributed by atoms with E-state index in [1.54, 1.807) is 6.20 Å². The van der Waals surface area contributed by atoms with Gasteiger partial charge in [-0.15, -0.1) is 4.91 Å². The van der Waals surface area contributed by atoms with Crippen molar-refractivity contribution in [2.45, 2.75) is 0 Å². The Bertz CT molecular complexity index is 198. The number of hydrogen-bond acceptors (Lipinski definition) is 3. The Morgan fingerprint density at radius 2 is 1.89 bits per heavy atom. The first-order valence-corrected chi connectivity index (χ1v) is 2.28. The molecule has 1 rings (SSSR count). The molecule has 1 heterocycles. The van der Waals surface area contributed by atoms with Gasteiger partial charge in [-0.05, 0) is 0 Å². The molecule has 9 heavy (non-hydrogen) atoms. The van der Waals surface area contributed by atoms with Crippen LogP contribution in [0.25, 0.3) is 0 Å². The monoisotopic (exact) mass is 131 g/mol. The number of aromatic nitrogens is 4. The molecule has 0 atom stereocenters. The van der Waals surface area contributed by atoms with E-state index in [0.717, 1.165) is 14.6 Å². The maximum atomic E-state index is 5.25. The summed E-state index contributed by atoms with van der Waals surface area (Å²) in [5.74, 6) is 15.7. The van der Waals surface area contributed by atoms with E-state index in [1.807, 2.05) is 0 Å². The first kappa shape index (κ1) is 5.48. The first-order valence-electron chi connectivity index (χ1n) is 2.28. The van der Waals surface area contributed by atoms with Gasteiger partial charge in [0.2, 0.25) is 0 Å². The standard InChI is InChI=1S/C2H9N7/c3-7-2-1-6-8(4)9(7)5/h1-2,6H,3-5H2. The van der Waals surface area contributed by atoms with Crippen molar-refractivity contribution in [2.24, 2.45) is 0 Å². The molecular weight excluding hydrogens is 122 g/mol. The molecule has 0 amide bonds. The summed E-state index contributed by atoms with van der Waals surface area (Å²) < 4.78 is 0. The molecule has 1 aromatic rings. The highest BCUT2D eigenvalue weighted by Gasteiger charge is 1.83. The van der Waals surface area contributed by atoms with Gasteiger partial charge in [0.25, 0.3) is 0 Å². The number of rotatable bonds is 0. The van der Waals surface area contributed by atoms with Gasteiger partial charge in [0.15, 0.2) is 0 Å². The lowest BCUT2D eigenvalue weighted by Gasteiger charge is -2.10. The summed E-state index contributed by atoms with van der Waals surface area (Å²) in [4.78, 5) is 3.15. The number of H-pyrrole nitrogens is 1. The van der Waals surface area contributed by atoms with Gasteiger partial charge >= 0.3 is 0 Å². The Balaban J connectivity index is 3.25. The molecule has 0 aliphatic carbocycles. The van der Waals surface area contributed by atoms with Gasteiger partial charge in [0.1, 0.15) is 0 Å². The van der Waals surface area contributed by atoms with Crippen LogP contribution in [-0.2, 0) is 0 Å². The van der Waals surface area contributed by atoms with Gasteiger partial charge in [-0.25, -0.2) is 0 Å². The van der Waals surface area contributed by atoms with Gasteiger partial charge in [-0.1, -0.05) is 4.91 Å². The quantitative estimate of drug-likeness (QED) is 0.297. The molecule has 7 N–H and O–H groups in total. The molecule has 52 valence electrons. The van der Waals surface area contributed by atoms with E-state index in [9.17, 15) is 0 Å². The topological polar surface area (TPSA) is 109 Å². The van der Waals surface area contributed by atoms with Crippen molar-refractivity contribution in [1.82, 2.24) is 19.7 Å². The van der Waals surface area contributed by atoms with Crippen LogP contribution >= 0.6 is 0 Å². The zero-order valence-electron chi connectivity index (χ0n) is 4.73. The van der Waals surface area contributed by atoms with Crippen LogP contribution in [0.2, 0.25) is 0 Å². The fourth-order valence-corrected chi connectivity index (χ4v) is 0.425. The fraction of sp³-hybridized carbons (Fsp3) is 0. The van der Waals surface area contributed by atoms with Crippen LogP contribution in [0.4, 0.5) is 0 Å². The molecule has 0 saturated carbocycles. The van der Waals surface area contributed by atoms with E-state index < -0.39 is 0 Å². The molecule has 7 nitrogen and oxygen atoms in total. The summed E-state index contributed by atoms with van der Waals surface area (Å²) >= 11 is 0. The summed E-state index contributed by atoms with van der Waals surface area (Å²) in [6, 6.07) is 0. The van der Waals surface area contributed by atoms with Gasteiger partial charge in [-0.3, -0.25) is 5.10 Å². The molecule has 0 saturated heterocycles. The van der Waals surface area contributed by atoms with Crippen LogP contribution in [0.15, 0.2) is 12.4 Å². The maximum absolute atomic E-state index is 5.25. The molecule has 0 unspecified atom stereocenters. The summed E-state index contributed by atoms with van der Waals surface area (Å²) in [7, 11) is 0. The molecule has 0 aliphatic rings. The number of aromatic amines is 1. The van der Waals surface area contributed by atoms with Crippen molar-refractivity contribution in [3.8, 4) is 0 Å². The lowest BCUT2D eigenvalue weighted by molar-refractivity contribution is 0.423. The minimum atomic E-state index is 1.00. The molecule has 0 fully saturated rings. The van der Waals surface area contributed by atoms with E-state index >= 15 is 0 Å². The Labute approximate surface area is 50.8 Å². The lowest BCUT2D eigenvalue weighted by atomic mass is 10.9. The first-order chi connectivity index (χ1) is 4.22. The lowest BCUT2D eigenvalue weighted by Crippen LogP contribution is -2.41. The molecule has 0 aliphatic heterocycles. The van der Waals surface area contributed by atoms with E-state index in [2.05, 4.69) is 5.10 Å². The third-order valence-electron chi connectivity index (χ3n) is 0.891. The van der Waals surface area contributed by atoms with E-state index in [-0.39, 0.29) is 0 Å². The smallest absolute Gasteiger partial charge is 0.0660 e. The van der Waals surface area contributed by atoms with Crippen LogP contribution in [0.1, 0.15) is 0 Å². The van der Waals surface area contributed by atoms with Crippen molar-refractivity contribution >= 4 is 0 Å². The van der Waals surface area contributed by atoms with E-state index in [1.165, 1.54) is 6.20 Å². The van der Waals surface area contributed by atoms with Crippen LogP contribution < -0.4 is 17.5 Å². The highest BCUT2D eigenvalue weighted by Crippen LogP contribution is 1.68. The predicted molar refractivity (Wildman–Crippen MR) is 32.8 cm³/mol. The fourth-order valence-electron chi connectivity index (χ4n) is 0.425. The Morgan fingerprint density at radius 3 is 2.33 bits per heavy atom. The minimum absolute atomic E-state index is 1.00. The molecule has 1 aromatic heterocycles. The summed E-state index contributed by atoms with van der Waals surface area (Å²) in [6.07, 6.45) is 3.06. The third-order valence-corrected chi connectivity index (χ3v) is 0.891.